The molecular formula is C19H20ClNO3. The van der Waals surface area contributed by atoms with Crippen molar-refractivity contribution in [3.05, 3.63) is 64.7 Å². The quantitative estimate of drug-likeness (QED) is 0.906. The molecule has 2 aromatic carbocycles. The maximum atomic E-state index is 12.2. The van der Waals surface area contributed by atoms with Gasteiger partial charge in [0.15, 0.2) is 0 Å². The number of rotatable bonds is 5. The van der Waals surface area contributed by atoms with Gasteiger partial charge < -0.3 is 14.7 Å². The summed E-state index contributed by atoms with van der Waals surface area (Å²) in [6.07, 6.45) is 0.594. The topological polar surface area (TPSA) is 49.8 Å². The van der Waals surface area contributed by atoms with E-state index < -0.39 is 0 Å². The third-order valence-electron chi connectivity index (χ3n) is 4.06. The zero-order chi connectivity index (χ0) is 16.9. The minimum atomic E-state index is -0.388. The Hall–Kier alpha value is -2.04. The first kappa shape index (κ1) is 16.8. The first-order chi connectivity index (χ1) is 11.6. The van der Waals surface area contributed by atoms with Crippen molar-refractivity contribution in [1.29, 1.82) is 0 Å². The number of β-amino-alcohol motifs (C(OH)–C–C–N with tert-alkyl or cyclic N) is 1. The normalized spacial score (nSPS) is 17.1. The maximum Gasteiger partial charge on any atom is 0.227 e. The van der Waals surface area contributed by atoms with Crippen LogP contribution < -0.4 is 4.74 Å². The SMILES string of the molecule is O=C(Cc1cccc(OCc2cccc(Cl)c2)c1)N1CC[C@@H](O)C1. The molecular weight excluding hydrogens is 326 g/mol. The number of carbonyl (C=O) groups excluding carboxylic acids is 1. The van der Waals surface area contributed by atoms with E-state index in [1.165, 1.54) is 0 Å². The van der Waals surface area contributed by atoms with Gasteiger partial charge in [-0.15, -0.1) is 0 Å². The number of amides is 1. The lowest BCUT2D eigenvalue weighted by Crippen LogP contribution is -2.30. The molecule has 1 saturated heterocycles. The van der Waals surface area contributed by atoms with Gasteiger partial charge in [-0.1, -0.05) is 35.9 Å². The lowest BCUT2D eigenvalue weighted by Gasteiger charge is -2.15. The molecule has 0 saturated carbocycles. The van der Waals surface area contributed by atoms with E-state index in [1.807, 2.05) is 48.5 Å². The molecule has 0 aromatic heterocycles. The molecule has 1 atom stereocenters. The predicted octanol–water partition coefficient (Wildman–Crippen LogP) is 3.05. The molecule has 3 rings (SSSR count). The molecule has 1 heterocycles. The van der Waals surface area contributed by atoms with E-state index in [0.717, 1.165) is 16.9 Å². The molecule has 1 N–H and O–H groups in total. The summed E-state index contributed by atoms with van der Waals surface area (Å²) >= 11 is 5.97. The highest BCUT2D eigenvalue weighted by Gasteiger charge is 2.24. The Kier molecular flexibility index (Phi) is 5.38. The minimum Gasteiger partial charge on any atom is -0.489 e. The zero-order valence-corrected chi connectivity index (χ0v) is 14.1. The van der Waals surface area contributed by atoms with Crippen LogP contribution in [-0.4, -0.2) is 35.1 Å². The van der Waals surface area contributed by atoms with E-state index in [1.54, 1.807) is 4.90 Å². The average Bonchev–Trinajstić information content (AvgIpc) is 3.00. The van der Waals surface area contributed by atoms with Crippen molar-refractivity contribution in [3.8, 4) is 5.75 Å². The van der Waals surface area contributed by atoms with E-state index in [2.05, 4.69) is 0 Å². The highest BCUT2D eigenvalue weighted by Crippen LogP contribution is 2.18. The van der Waals surface area contributed by atoms with Crippen LogP contribution in [0, 0.1) is 0 Å². The van der Waals surface area contributed by atoms with Gasteiger partial charge in [-0.2, -0.15) is 0 Å². The first-order valence-electron chi connectivity index (χ1n) is 8.02. The predicted molar refractivity (Wildman–Crippen MR) is 93.1 cm³/mol. The number of ether oxygens (including phenoxy) is 1. The number of hydrogen-bond donors (Lipinski definition) is 1. The third kappa shape index (κ3) is 4.49. The number of nitrogens with zero attached hydrogens (tertiary/aromatic N) is 1. The zero-order valence-electron chi connectivity index (χ0n) is 13.3. The molecule has 1 amide bonds. The third-order valence-corrected chi connectivity index (χ3v) is 4.30. The summed E-state index contributed by atoms with van der Waals surface area (Å²) in [6.45, 7) is 1.49. The Morgan fingerprint density at radius 1 is 1.21 bits per heavy atom. The van der Waals surface area contributed by atoms with Gasteiger partial charge in [0.05, 0.1) is 12.5 Å². The Bertz CT molecular complexity index is 719. The molecule has 2 aromatic rings. The van der Waals surface area contributed by atoms with E-state index >= 15 is 0 Å². The highest BCUT2D eigenvalue weighted by atomic mass is 35.5. The van der Waals surface area contributed by atoms with Crippen LogP contribution in [0.5, 0.6) is 5.75 Å². The number of likely N-dealkylation sites (tertiary alicyclic amines) is 1. The number of carbonyl (C=O) groups is 1. The molecule has 5 heteroatoms. The van der Waals surface area contributed by atoms with Crippen LogP contribution >= 0.6 is 11.6 Å². The number of hydrogen-bond acceptors (Lipinski definition) is 3. The van der Waals surface area contributed by atoms with Gasteiger partial charge in [0.2, 0.25) is 5.91 Å². The van der Waals surface area contributed by atoms with Crippen LogP contribution in [0.2, 0.25) is 5.02 Å². The fraction of sp³-hybridized carbons (Fsp3) is 0.316. The molecule has 0 bridgehead atoms. The van der Waals surface area contributed by atoms with Crippen LogP contribution in [0.25, 0.3) is 0 Å². The molecule has 0 unspecified atom stereocenters. The second-order valence-corrected chi connectivity index (χ2v) is 6.46. The monoisotopic (exact) mass is 345 g/mol. The first-order valence-corrected chi connectivity index (χ1v) is 8.40. The van der Waals surface area contributed by atoms with E-state index in [-0.39, 0.29) is 12.0 Å². The number of benzene rings is 2. The molecule has 1 fully saturated rings. The Morgan fingerprint density at radius 2 is 2.00 bits per heavy atom. The molecule has 126 valence electrons. The van der Waals surface area contributed by atoms with Crippen molar-refractivity contribution in [2.75, 3.05) is 13.1 Å². The molecule has 24 heavy (non-hydrogen) atoms. The van der Waals surface area contributed by atoms with Crippen molar-refractivity contribution in [1.82, 2.24) is 4.90 Å². The maximum absolute atomic E-state index is 12.2. The van der Waals surface area contributed by atoms with Crippen LogP contribution in [0.3, 0.4) is 0 Å². The fourth-order valence-electron chi connectivity index (χ4n) is 2.79. The summed E-state index contributed by atoms with van der Waals surface area (Å²) in [6, 6.07) is 15.1. The number of aliphatic hydroxyl groups excluding tert-OH is 1. The van der Waals surface area contributed by atoms with E-state index in [4.69, 9.17) is 16.3 Å². The van der Waals surface area contributed by atoms with Crippen LogP contribution in [0.15, 0.2) is 48.5 Å². The van der Waals surface area contributed by atoms with Gasteiger partial charge in [0, 0.05) is 18.1 Å². The lowest BCUT2D eigenvalue weighted by molar-refractivity contribution is -0.129. The Balaban J connectivity index is 1.58. The van der Waals surface area contributed by atoms with Gasteiger partial charge in [-0.05, 0) is 41.8 Å². The van der Waals surface area contributed by atoms with Crippen molar-refractivity contribution >= 4 is 17.5 Å². The summed E-state index contributed by atoms with van der Waals surface area (Å²) in [5.74, 6) is 0.764. The van der Waals surface area contributed by atoms with Gasteiger partial charge in [0.25, 0.3) is 0 Å². The smallest absolute Gasteiger partial charge is 0.227 e. The van der Waals surface area contributed by atoms with Gasteiger partial charge in [-0.25, -0.2) is 0 Å². The largest absolute Gasteiger partial charge is 0.489 e. The second-order valence-electron chi connectivity index (χ2n) is 6.03. The standard InChI is InChI=1S/C19H20ClNO3/c20-16-5-1-4-15(9-16)13-24-18-6-2-3-14(10-18)11-19(23)21-8-7-17(22)12-21/h1-6,9-10,17,22H,7-8,11-13H2/t17-/m1/s1. The summed E-state index contributed by atoms with van der Waals surface area (Å²) in [5.41, 5.74) is 1.90. The molecule has 1 aliphatic rings. The Morgan fingerprint density at radius 3 is 2.75 bits per heavy atom. The van der Waals surface area contributed by atoms with Crippen molar-refractivity contribution < 1.29 is 14.6 Å². The lowest BCUT2D eigenvalue weighted by atomic mass is 10.1. The summed E-state index contributed by atoms with van der Waals surface area (Å²) in [7, 11) is 0. The highest BCUT2D eigenvalue weighted by molar-refractivity contribution is 6.30. The molecule has 1 aliphatic heterocycles. The van der Waals surface area contributed by atoms with Crippen LogP contribution in [0.1, 0.15) is 17.5 Å². The minimum absolute atomic E-state index is 0.0403. The Labute approximate surface area is 146 Å². The number of aliphatic hydroxyl groups is 1. The average molecular weight is 346 g/mol. The van der Waals surface area contributed by atoms with Gasteiger partial charge in [-0.3, -0.25) is 4.79 Å². The van der Waals surface area contributed by atoms with Crippen LogP contribution in [-0.2, 0) is 17.8 Å². The fourth-order valence-corrected chi connectivity index (χ4v) is 3.01. The van der Waals surface area contributed by atoms with E-state index in [0.29, 0.717) is 37.6 Å². The summed E-state index contributed by atoms with van der Waals surface area (Å²) in [4.78, 5) is 14.0. The second kappa shape index (κ2) is 7.69. The van der Waals surface area contributed by atoms with Crippen LogP contribution in [0.4, 0.5) is 0 Å². The van der Waals surface area contributed by atoms with Crippen molar-refractivity contribution in [2.24, 2.45) is 0 Å². The molecule has 4 nitrogen and oxygen atoms in total. The van der Waals surface area contributed by atoms with Crippen molar-refractivity contribution in [2.45, 2.75) is 25.6 Å². The van der Waals surface area contributed by atoms with Crippen molar-refractivity contribution in [3.63, 3.8) is 0 Å². The molecule has 0 aliphatic carbocycles. The number of halogens is 1. The van der Waals surface area contributed by atoms with E-state index in [9.17, 15) is 9.90 Å². The molecule has 0 radical (unpaired) electrons. The van der Waals surface area contributed by atoms with Gasteiger partial charge >= 0.3 is 0 Å². The van der Waals surface area contributed by atoms with Gasteiger partial charge in [0.1, 0.15) is 12.4 Å². The summed E-state index contributed by atoms with van der Waals surface area (Å²) in [5, 5.41) is 10.2. The molecule has 0 spiro atoms. The summed E-state index contributed by atoms with van der Waals surface area (Å²) < 4.78 is 5.79.